The zero-order valence-corrected chi connectivity index (χ0v) is 21.6. The van der Waals surface area contributed by atoms with E-state index in [9.17, 15) is 13.2 Å². The first kappa shape index (κ1) is 25.6. The topological polar surface area (TPSA) is 111 Å². The third-order valence-electron chi connectivity index (χ3n) is 6.26. The maximum atomic E-state index is 12.6. The number of para-hydroxylation sites is 1. The summed E-state index contributed by atoms with van der Waals surface area (Å²) in [5.74, 6) is 1.49. The van der Waals surface area contributed by atoms with Gasteiger partial charge in [0.15, 0.2) is 15.7 Å². The lowest BCUT2D eigenvalue weighted by Crippen LogP contribution is -2.44. The van der Waals surface area contributed by atoms with Gasteiger partial charge >= 0.3 is 6.09 Å². The minimum atomic E-state index is -3.46. The van der Waals surface area contributed by atoms with Gasteiger partial charge in [0.05, 0.1) is 24.9 Å². The fourth-order valence-corrected chi connectivity index (χ4v) is 4.20. The smallest absolute Gasteiger partial charge is 0.410 e. The second-order valence-electron chi connectivity index (χ2n) is 9.24. The Morgan fingerprint density at radius 2 is 1.81 bits per heavy atom. The Labute approximate surface area is 211 Å². The van der Waals surface area contributed by atoms with Crippen LogP contribution in [0.5, 0.6) is 5.75 Å². The molecule has 1 fully saturated rings. The second kappa shape index (κ2) is 10.2. The van der Waals surface area contributed by atoms with E-state index in [-0.39, 0.29) is 6.04 Å². The molecule has 2 aromatic carbocycles. The maximum absolute atomic E-state index is 12.6. The molecule has 1 aliphatic heterocycles. The molecule has 0 bridgehead atoms. The van der Waals surface area contributed by atoms with Crippen LogP contribution in [0.25, 0.3) is 11.4 Å². The molecule has 4 rings (SSSR count). The number of anilines is 2. The molecule has 9 nitrogen and oxygen atoms in total. The number of hydrogen-bond donors (Lipinski definition) is 1. The molecule has 0 spiro atoms. The normalized spacial score (nSPS) is 16.4. The molecule has 0 saturated carbocycles. The number of carbonyl (C=O) groups is 1. The Balaban J connectivity index is 1.64. The minimum Gasteiger partial charge on any atom is -0.410 e. The van der Waals surface area contributed by atoms with Gasteiger partial charge in [0, 0.05) is 30.1 Å². The standard InChI is InChI=1S/C26H30N4O5S/c1-18-17-34-15-14-30(18)23-16-22(26(2,3)36(4,32)33)28-24(29-23)19-10-12-20(13-11-19)27-25(31)35-21-8-6-5-7-9-21/h5-13,16,18H,14-15,17H2,1-4H3,(H,27,31)/t18-/m0/s1. The highest BCUT2D eigenvalue weighted by Crippen LogP contribution is 2.32. The molecular weight excluding hydrogens is 480 g/mol. The summed E-state index contributed by atoms with van der Waals surface area (Å²) in [4.78, 5) is 23.7. The predicted octanol–water partition coefficient (Wildman–Crippen LogP) is 4.26. The van der Waals surface area contributed by atoms with Crippen LogP contribution >= 0.6 is 0 Å². The zero-order chi connectivity index (χ0) is 25.9. The van der Waals surface area contributed by atoms with Gasteiger partial charge in [-0.2, -0.15) is 0 Å². The lowest BCUT2D eigenvalue weighted by molar-refractivity contribution is 0.0985. The number of aromatic nitrogens is 2. The first-order chi connectivity index (χ1) is 17.0. The fourth-order valence-electron chi connectivity index (χ4n) is 3.72. The third kappa shape index (κ3) is 5.66. The quantitative estimate of drug-likeness (QED) is 0.524. The summed E-state index contributed by atoms with van der Waals surface area (Å²) in [5, 5.41) is 2.69. The Bertz CT molecular complexity index is 1330. The maximum Gasteiger partial charge on any atom is 0.417 e. The Morgan fingerprint density at radius 3 is 2.44 bits per heavy atom. The summed E-state index contributed by atoms with van der Waals surface area (Å²) in [6, 6.07) is 17.6. The van der Waals surface area contributed by atoms with Crippen LogP contribution in [0.15, 0.2) is 60.7 Å². The van der Waals surface area contributed by atoms with Crippen molar-refractivity contribution in [2.24, 2.45) is 0 Å². The number of hydrogen-bond acceptors (Lipinski definition) is 8. The van der Waals surface area contributed by atoms with Gasteiger partial charge in [-0.1, -0.05) is 18.2 Å². The second-order valence-corrected chi connectivity index (χ2v) is 11.8. The van der Waals surface area contributed by atoms with Gasteiger partial charge < -0.3 is 14.4 Å². The van der Waals surface area contributed by atoms with Crippen LogP contribution in [0.4, 0.5) is 16.3 Å². The van der Waals surface area contributed by atoms with Crippen LogP contribution in [0, 0.1) is 0 Å². The van der Waals surface area contributed by atoms with Crippen molar-refractivity contribution in [1.82, 2.24) is 9.97 Å². The van der Waals surface area contributed by atoms with Crippen molar-refractivity contribution in [2.45, 2.75) is 31.6 Å². The number of carbonyl (C=O) groups excluding carboxylic acids is 1. The van der Waals surface area contributed by atoms with Crippen LogP contribution < -0.4 is 15.0 Å². The molecule has 2 heterocycles. The molecule has 0 radical (unpaired) electrons. The zero-order valence-electron chi connectivity index (χ0n) is 20.8. The Morgan fingerprint density at radius 1 is 1.11 bits per heavy atom. The van der Waals surface area contributed by atoms with Crippen molar-refractivity contribution in [3.63, 3.8) is 0 Å². The van der Waals surface area contributed by atoms with E-state index in [1.54, 1.807) is 68.4 Å². The summed E-state index contributed by atoms with van der Waals surface area (Å²) < 4.78 is 34.8. The molecule has 1 N–H and O–H groups in total. The van der Waals surface area contributed by atoms with Crippen molar-refractivity contribution < 1.29 is 22.7 Å². The largest absolute Gasteiger partial charge is 0.417 e. The van der Waals surface area contributed by atoms with Gasteiger partial charge in [0.2, 0.25) is 0 Å². The first-order valence-corrected chi connectivity index (χ1v) is 13.5. The van der Waals surface area contributed by atoms with E-state index in [1.807, 2.05) is 13.0 Å². The number of nitrogens with one attached hydrogen (secondary N) is 1. The van der Waals surface area contributed by atoms with Crippen molar-refractivity contribution in [3.8, 4) is 17.1 Å². The highest BCUT2D eigenvalue weighted by molar-refractivity contribution is 7.91. The molecule has 0 unspecified atom stereocenters. The van der Waals surface area contributed by atoms with Crippen LogP contribution in [0.1, 0.15) is 26.5 Å². The van der Waals surface area contributed by atoms with Gasteiger partial charge in [0.1, 0.15) is 16.3 Å². The highest BCUT2D eigenvalue weighted by atomic mass is 32.2. The highest BCUT2D eigenvalue weighted by Gasteiger charge is 2.35. The van der Waals surface area contributed by atoms with Crippen molar-refractivity contribution in [1.29, 1.82) is 0 Å². The average molecular weight is 511 g/mol. The van der Waals surface area contributed by atoms with E-state index in [0.29, 0.717) is 54.1 Å². The monoisotopic (exact) mass is 510 g/mol. The van der Waals surface area contributed by atoms with E-state index < -0.39 is 20.7 Å². The summed E-state index contributed by atoms with van der Waals surface area (Å²) in [7, 11) is -3.46. The van der Waals surface area contributed by atoms with E-state index >= 15 is 0 Å². The van der Waals surface area contributed by atoms with Crippen molar-refractivity contribution in [2.75, 3.05) is 36.2 Å². The van der Waals surface area contributed by atoms with Crippen molar-refractivity contribution >= 4 is 27.4 Å². The Kier molecular flexibility index (Phi) is 7.28. The van der Waals surface area contributed by atoms with Gasteiger partial charge in [-0.25, -0.2) is 23.2 Å². The van der Waals surface area contributed by atoms with Crippen molar-refractivity contribution in [3.05, 3.63) is 66.4 Å². The average Bonchev–Trinajstić information content (AvgIpc) is 2.84. The fraction of sp³-hybridized carbons (Fsp3) is 0.346. The van der Waals surface area contributed by atoms with E-state index in [4.69, 9.17) is 14.5 Å². The summed E-state index contributed by atoms with van der Waals surface area (Å²) in [5.41, 5.74) is 1.64. The van der Waals surface area contributed by atoms with Gasteiger partial charge in [-0.05, 0) is 57.2 Å². The van der Waals surface area contributed by atoms with E-state index in [2.05, 4.69) is 15.2 Å². The lowest BCUT2D eigenvalue weighted by Gasteiger charge is -2.35. The lowest BCUT2D eigenvalue weighted by atomic mass is 10.1. The number of amides is 1. The predicted molar refractivity (Wildman–Crippen MR) is 139 cm³/mol. The molecule has 0 aliphatic carbocycles. The Hall–Kier alpha value is -3.50. The number of ether oxygens (including phenoxy) is 2. The van der Waals surface area contributed by atoms with Crippen LogP contribution in [0.2, 0.25) is 0 Å². The molecule has 3 aromatic rings. The molecule has 1 aliphatic rings. The molecule has 36 heavy (non-hydrogen) atoms. The number of rotatable bonds is 6. The van der Waals surface area contributed by atoms with Gasteiger partial charge in [-0.3, -0.25) is 5.32 Å². The number of sulfone groups is 1. The van der Waals surface area contributed by atoms with Crippen LogP contribution in [-0.2, 0) is 19.3 Å². The summed E-state index contributed by atoms with van der Waals surface area (Å²) >= 11 is 0. The molecule has 190 valence electrons. The molecule has 1 atom stereocenters. The summed E-state index contributed by atoms with van der Waals surface area (Å²) in [6.45, 7) is 7.09. The van der Waals surface area contributed by atoms with E-state index in [0.717, 1.165) is 0 Å². The number of morpholine rings is 1. The molecule has 1 aromatic heterocycles. The van der Waals surface area contributed by atoms with E-state index in [1.165, 1.54) is 6.26 Å². The number of benzene rings is 2. The third-order valence-corrected chi connectivity index (χ3v) is 8.32. The first-order valence-electron chi connectivity index (χ1n) is 11.6. The molecular formula is C26H30N4O5S. The van der Waals surface area contributed by atoms with Gasteiger partial charge in [0.25, 0.3) is 0 Å². The SMILES string of the molecule is C[C@H]1COCCN1c1cc(C(C)(C)S(C)(=O)=O)nc(-c2ccc(NC(=O)Oc3ccccc3)cc2)n1. The van der Waals surface area contributed by atoms with Crippen LogP contribution in [0.3, 0.4) is 0 Å². The van der Waals surface area contributed by atoms with Gasteiger partial charge in [-0.15, -0.1) is 0 Å². The number of nitrogens with zero attached hydrogens (tertiary/aromatic N) is 3. The molecule has 10 heteroatoms. The molecule has 1 amide bonds. The minimum absolute atomic E-state index is 0.0814. The van der Waals surface area contributed by atoms with Crippen LogP contribution in [-0.4, -0.2) is 56.5 Å². The summed E-state index contributed by atoms with van der Waals surface area (Å²) in [6.07, 6.45) is 0.603. The molecule has 1 saturated heterocycles.